The Kier molecular flexibility index (Phi) is 9.84. The van der Waals surface area contributed by atoms with Crippen molar-refractivity contribution in [3.63, 3.8) is 0 Å². The lowest BCUT2D eigenvalue weighted by Gasteiger charge is -2.31. The van der Waals surface area contributed by atoms with Crippen LogP contribution in [0.1, 0.15) is 46.1 Å². The molecule has 0 bridgehead atoms. The Balaban J connectivity index is 2.09. The zero-order valence-corrected chi connectivity index (χ0v) is 22.8. The van der Waals surface area contributed by atoms with E-state index in [-0.39, 0.29) is 36.2 Å². The molecule has 0 aliphatic carbocycles. The van der Waals surface area contributed by atoms with Crippen molar-refractivity contribution >= 4 is 37.8 Å². The lowest BCUT2D eigenvalue weighted by atomic mass is 10.1. The van der Waals surface area contributed by atoms with Gasteiger partial charge >= 0.3 is 0 Å². The molecule has 186 valence electrons. The molecule has 1 N–H and O–H groups in total. The molecule has 0 heterocycles. The number of carbonyl (C=O) groups is 2. The van der Waals surface area contributed by atoms with Crippen LogP contribution < -0.4 is 5.32 Å². The number of amides is 2. The Morgan fingerprint density at radius 1 is 1.03 bits per heavy atom. The Labute approximate surface area is 211 Å². The molecule has 0 radical (unpaired) electrons. The van der Waals surface area contributed by atoms with Crippen LogP contribution in [0.4, 0.5) is 0 Å². The van der Waals surface area contributed by atoms with Gasteiger partial charge in [-0.05, 0) is 63.9 Å². The van der Waals surface area contributed by atoms with Crippen molar-refractivity contribution < 1.29 is 18.0 Å². The van der Waals surface area contributed by atoms with Crippen LogP contribution in [0.3, 0.4) is 0 Å². The van der Waals surface area contributed by atoms with Gasteiger partial charge in [-0.15, -0.1) is 0 Å². The highest BCUT2D eigenvalue weighted by atomic mass is 79.9. The molecule has 9 heteroatoms. The third-order valence-corrected chi connectivity index (χ3v) is 7.65. The number of benzene rings is 2. The first-order valence-electron chi connectivity index (χ1n) is 11.2. The van der Waals surface area contributed by atoms with Gasteiger partial charge in [-0.1, -0.05) is 46.3 Å². The lowest BCUT2D eigenvalue weighted by molar-refractivity contribution is -0.141. The molecule has 0 saturated heterocycles. The zero-order chi connectivity index (χ0) is 25.5. The van der Waals surface area contributed by atoms with E-state index in [1.807, 2.05) is 45.0 Å². The van der Waals surface area contributed by atoms with Gasteiger partial charge < -0.3 is 10.2 Å². The van der Waals surface area contributed by atoms with Gasteiger partial charge in [0.05, 0.1) is 4.90 Å². The topological polar surface area (TPSA) is 86.8 Å². The summed E-state index contributed by atoms with van der Waals surface area (Å²) in [6.45, 7) is 7.86. The van der Waals surface area contributed by atoms with E-state index >= 15 is 0 Å². The SMILES string of the molecule is C[C@@H](C(=O)NC(C)(C)C)N(Cc1ccc(Br)cc1)C(=O)CCCN(C)S(=O)(=O)c1ccccc1. The van der Waals surface area contributed by atoms with Gasteiger partial charge in [0.25, 0.3) is 0 Å². The Morgan fingerprint density at radius 2 is 1.62 bits per heavy atom. The molecule has 2 aromatic rings. The molecule has 2 rings (SSSR count). The van der Waals surface area contributed by atoms with Crippen molar-refractivity contribution in [3.8, 4) is 0 Å². The fourth-order valence-corrected chi connectivity index (χ4v) is 4.83. The summed E-state index contributed by atoms with van der Waals surface area (Å²) in [5.41, 5.74) is 0.474. The first kappa shape index (κ1) is 28.0. The van der Waals surface area contributed by atoms with Crippen LogP contribution in [0, 0.1) is 0 Å². The third-order valence-electron chi connectivity index (χ3n) is 5.25. The van der Waals surface area contributed by atoms with Gasteiger partial charge in [0.2, 0.25) is 21.8 Å². The van der Waals surface area contributed by atoms with E-state index in [4.69, 9.17) is 0 Å². The molecule has 0 fully saturated rings. The minimum Gasteiger partial charge on any atom is -0.350 e. The number of nitrogens with one attached hydrogen (secondary N) is 1. The van der Waals surface area contributed by atoms with E-state index in [0.717, 1.165) is 10.0 Å². The Bertz CT molecular complexity index is 1070. The van der Waals surface area contributed by atoms with Crippen LogP contribution in [-0.4, -0.2) is 54.6 Å². The summed E-state index contributed by atoms with van der Waals surface area (Å²) in [7, 11) is -2.11. The maximum absolute atomic E-state index is 13.2. The first-order valence-corrected chi connectivity index (χ1v) is 13.4. The number of rotatable bonds is 10. The summed E-state index contributed by atoms with van der Waals surface area (Å²) in [6.07, 6.45) is 0.462. The van der Waals surface area contributed by atoms with Crippen LogP contribution in [0.5, 0.6) is 0 Å². The summed E-state index contributed by atoms with van der Waals surface area (Å²) in [5.74, 6) is -0.438. The number of hydrogen-bond donors (Lipinski definition) is 1. The molecular formula is C25H34BrN3O4S. The van der Waals surface area contributed by atoms with Crippen molar-refractivity contribution in [2.45, 2.75) is 63.6 Å². The molecule has 0 saturated carbocycles. The van der Waals surface area contributed by atoms with E-state index < -0.39 is 21.6 Å². The standard InChI is InChI=1S/C25H34BrN3O4S/c1-19(24(31)27-25(2,3)4)29(18-20-13-15-21(26)16-14-20)23(30)12-9-17-28(5)34(32,33)22-10-7-6-8-11-22/h6-8,10-11,13-16,19H,9,12,17-18H2,1-5H3,(H,27,31)/t19-/m0/s1. The van der Waals surface area contributed by atoms with Gasteiger partial charge in [-0.2, -0.15) is 0 Å². The summed E-state index contributed by atoms with van der Waals surface area (Å²) in [5, 5.41) is 2.93. The molecule has 0 aromatic heterocycles. The highest BCUT2D eigenvalue weighted by Crippen LogP contribution is 2.17. The number of sulfonamides is 1. The van der Waals surface area contributed by atoms with Crippen molar-refractivity contribution in [3.05, 3.63) is 64.6 Å². The van der Waals surface area contributed by atoms with Gasteiger partial charge in [0.1, 0.15) is 6.04 Å². The Morgan fingerprint density at radius 3 is 2.18 bits per heavy atom. The maximum Gasteiger partial charge on any atom is 0.242 e. The summed E-state index contributed by atoms with van der Waals surface area (Å²) in [4.78, 5) is 27.8. The molecule has 0 spiro atoms. The lowest BCUT2D eigenvalue weighted by Crippen LogP contribution is -2.52. The highest BCUT2D eigenvalue weighted by molar-refractivity contribution is 9.10. The van der Waals surface area contributed by atoms with E-state index in [2.05, 4.69) is 21.2 Å². The van der Waals surface area contributed by atoms with Crippen molar-refractivity contribution in [1.29, 1.82) is 0 Å². The average molecular weight is 553 g/mol. The zero-order valence-electron chi connectivity index (χ0n) is 20.4. The van der Waals surface area contributed by atoms with Crippen LogP contribution in [0.2, 0.25) is 0 Å². The van der Waals surface area contributed by atoms with Gasteiger partial charge in [0.15, 0.2) is 0 Å². The molecule has 2 amide bonds. The van der Waals surface area contributed by atoms with Crippen molar-refractivity contribution in [2.24, 2.45) is 0 Å². The fraction of sp³-hybridized carbons (Fsp3) is 0.440. The van der Waals surface area contributed by atoms with Crippen LogP contribution in [0.15, 0.2) is 64.0 Å². The molecule has 0 aliphatic heterocycles. The van der Waals surface area contributed by atoms with Gasteiger partial charge in [-0.25, -0.2) is 12.7 Å². The van der Waals surface area contributed by atoms with E-state index in [1.165, 1.54) is 11.4 Å². The van der Waals surface area contributed by atoms with Crippen molar-refractivity contribution in [2.75, 3.05) is 13.6 Å². The summed E-state index contributed by atoms with van der Waals surface area (Å²) < 4.78 is 27.6. The minimum atomic E-state index is -3.62. The molecule has 0 aliphatic rings. The van der Waals surface area contributed by atoms with Gasteiger partial charge in [0, 0.05) is 36.6 Å². The fourth-order valence-electron chi connectivity index (χ4n) is 3.33. The molecule has 2 aromatic carbocycles. The highest BCUT2D eigenvalue weighted by Gasteiger charge is 2.28. The van der Waals surface area contributed by atoms with Crippen LogP contribution in [0.25, 0.3) is 0 Å². The first-order chi connectivity index (χ1) is 15.8. The quantitative estimate of drug-likeness (QED) is 0.479. The second-order valence-electron chi connectivity index (χ2n) is 9.31. The monoisotopic (exact) mass is 551 g/mol. The predicted molar refractivity (Wildman–Crippen MR) is 138 cm³/mol. The van der Waals surface area contributed by atoms with E-state index in [1.54, 1.807) is 42.2 Å². The normalized spacial score (nSPS) is 12.9. The molecule has 34 heavy (non-hydrogen) atoms. The second-order valence-corrected chi connectivity index (χ2v) is 12.3. The predicted octanol–water partition coefficient (Wildman–Crippen LogP) is 4.18. The third kappa shape index (κ3) is 8.21. The van der Waals surface area contributed by atoms with Crippen LogP contribution >= 0.6 is 15.9 Å². The van der Waals surface area contributed by atoms with Crippen LogP contribution in [-0.2, 0) is 26.2 Å². The molecular weight excluding hydrogens is 518 g/mol. The largest absolute Gasteiger partial charge is 0.350 e. The average Bonchev–Trinajstić information content (AvgIpc) is 2.77. The number of halogens is 1. The second kappa shape index (κ2) is 12.0. The Hall–Kier alpha value is -2.23. The maximum atomic E-state index is 13.2. The molecule has 1 atom stereocenters. The van der Waals surface area contributed by atoms with E-state index in [9.17, 15) is 18.0 Å². The molecule has 0 unspecified atom stereocenters. The molecule has 7 nitrogen and oxygen atoms in total. The number of nitrogens with zero attached hydrogens (tertiary/aromatic N) is 2. The van der Waals surface area contributed by atoms with E-state index in [0.29, 0.717) is 6.42 Å². The summed E-state index contributed by atoms with van der Waals surface area (Å²) in [6, 6.07) is 15.1. The smallest absolute Gasteiger partial charge is 0.242 e. The summed E-state index contributed by atoms with van der Waals surface area (Å²) >= 11 is 3.41. The number of carbonyl (C=O) groups excluding carboxylic acids is 2. The van der Waals surface area contributed by atoms with Crippen molar-refractivity contribution in [1.82, 2.24) is 14.5 Å². The minimum absolute atomic E-state index is 0.123. The van der Waals surface area contributed by atoms with Gasteiger partial charge in [-0.3, -0.25) is 9.59 Å². The number of hydrogen-bond acceptors (Lipinski definition) is 4.